The Morgan fingerprint density at radius 2 is 1.74 bits per heavy atom. The Balaban J connectivity index is 1.23. The van der Waals surface area contributed by atoms with Crippen LogP contribution in [0.4, 0.5) is 0 Å². The molecule has 188 valence electrons. The second kappa shape index (κ2) is 9.79. The monoisotopic (exact) mass is 538 g/mol. The minimum Gasteiger partial charge on any atom is -0.377 e. The van der Waals surface area contributed by atoms with Gasteiger partial charge in [0.25, 0.3) is 0 Å². The predicted molar refractivity (Wildman–Crippen MR) is 132 cm³/mol. The van der Waals surface area contributed by atoms with Crippen LogP contribution in [0.15, 0.2) is 52.3 Å². The summed E-state index contributed by atoms with van der Waals surface area (Å²) < 4.78 is 60.9. The maximum atomic E-state index is 13.2. The molecule has 35 heavy (non-hydrogen) atoms. The summed E-state index contributed by atoms with van der Waals surface area (Å²) in [5, 5.41) is 0.631. The number of H-pyrrole nitrogens is 1. The summed E-state index contributed by atoms with van der Waals surface area (Å²) in [4.78, 5) is 8.05. The highest BCUT2D eigenvalue weighted by Crippen LogP contribution is 2.31. The molecule has 3 heterocycles. The summed E-state index contributed by atoms with van der Waals surface area (Å²) in [6.45, 7) is 1.56. The third-order valence-electron chi connectivity index (χ3n) is 6.60. The fourth-order valence-electron chi connectivity index (χ4n) is 4.60. The number of hydrogen-bond donors (Lipinski definition) is 2. The van der Waals surface area contributed by atoms with Gasteiger partial charge in [0.05, 0.1) is 26.9 Å². The van der Waals surface area contributed by atoms with E-state index >= 15 is 0 Å². The molecule has 2 aliphatic rings. The van der Waals surface area contributed by atoms with Gasteiger partial charge < -0.3 is 9.72 Å². The summed E-state index contributed by atoms with van der Waals surface area (Å²) in [5.74, 6) is 0.958. The maximum Gasteiger partial charge on any atom is 0.243 e. The second-order valence-electron chi connectivity index (χ2n) is 8.92. The molecule has 2 N–H and O–H groups in total. The zero-order valence-corrected chi connectivity index (χ0v) is 21.4. The van der Waals surface area contributed by atoms with Gasteiger partial charge in [0.15, 0.2) is 0 Å². The van der Waals surface area contributed by atoms with E-state index in [2.05, 4.69) is 14.7 Å². The fraction of sp³-hybridized carbons (Fsp3) is 0.435. The lowest BCUT2D eigenvalue weighted by Gasteiger charge is -2.30. The maximum absolute atomic E-state index is 13.2. The second-order valence-corrected chi connectivity index (χ2v) is 13.1. The summed E-state index contributed by atoms with van der Waals surface area (Å²) in [6.07, 6.45) is 2.88. The molecular formula is C23H27ClN4O5S2. The molecule has 2 aliphatic heterocycles. The van der Waals surface area contributed by atoms with Gasteiger partial charge in [-0.15, -0.1) is 0 Å². The molecule has 9 nitrogen and oxygen atoms in total. The van der Waals surface area contributed by atoms with Crippen LogP contribution in [-0.2, 0) is 24.8 Å². The molecule has 5 rings (SSSR count). The first-order chi connectivity index (χ1) is 16.7. The van der Waals surface area contributed by atoms with Crippen molar-refractivity contribution in [3.8, 4) is 0 Å². The van der Waals surface area contributed by atoms with Gasteiger partial charge in [-0.1, -0.05) is 11.6 Å². The van der Waals surface area contributed by atoms with E-state index in [1.54, 1.807) is 6.07 Å². The molecule has 0 aliphatic carbocycles. The van der Waals surface area contributed by atoms with Crippen molar-refractivity contribution in [2.75, 3.05) is 26.2 Å². The number of sulfonamides is 2. The van der Waals surface area contributed by atoms with Crippen LogP contribution in [0.5, 0.6) is 0 Å². The van der Waals surface area contributed by atoms with Crippen LogP contribution in [-0.4, -0.2) is 63.5 Å². The summed E-state index contributed by atoms with van der Waals surface area (Å²) in [7, 11) is -7.48. The van der Waals surface area contributed by atoms with Crippen molar-refractivity contribution in [3.63, 3.8) is 0 Å². The van der Waals surface area contributed by atoms with Crippen LogP contribution in [0.1, 0.15) is 37.4 Å². The number of rotatable bonds is 7. The average molecular weight is 539 g/mol. The first kappa shape index (κ1) is 24.7. The van der Waals surface area contributed by atoms with Crippen LogP contribution in [0, 0.1) is 0 Å². The van der Waals surface area contributed by atoms with Gasteiger partial charge in [-0.2, -0.15) is 4.31 Å². The number of benzene rings is 2. The van der Waals surface area contributed by atoms with E-state index in [0.29, 0.717) is 37.6 Å². The average Bonchev–Trinajstić information content (AvgIpc) is 3.53. The molecule has 12 heteroatoms. The van der Waals surface area contributed by atoms with Gasteiger partial charge in [0.2, 0.25) is 20.0 Å². The summed E-state index contributed by atoms with van der Waals surface area (Å²) in [6, 6.07) is 10.8. The molecular weight excluding hydrogens is 512 g/mol. The zero-order valence-electron chi connectivity index (χ0n) is 19.0. The highest BCUT2D eigenvalue weighted by atomic mass is 35.5. The molecule has 0 saturated carbocycles. The standard InChI is InChI=1S/C23H27ClN4O5S2/c24-17-3-8-21-22(14-17)27-23(26-21)16-9-11-28(12-10-16)35(31,32)20-6-4-19(5-7-20)34(29,30)25-15-18-2-1-13-33-18/h3-8,14,16,18,25H,1-2,9-13,15H2,(H,26,27)/t18-/m1/s1. The van der Waals surface area contributed by atoms with Gasteiger partial charge in [0, 0.05) is 37.2 Å². The van der Waals surface area contributed by atoms with E-state index in [0.717, 1.165) is 29.7 Å². The number of nitrogens with zero attached hydrogens (tertiary/aromatic N) is 2. The van der Waals surface area contributed by atoms with E-state index < -0.39 is 20.0 Å². The Labute approximate surface area is 209 Å². The highest BCUT2D eigenvalue weighted by Gasteiger charge is 2.31. The third-order valence-corrected chi connectivity index (χ3v) is 10.2. The first-order valence-electron chi connectivity index (χ1n) is 11.6. The molecule has 0 bridgehead atoms. The predicted octanol–water partition coefficient (Wildman–Crippen LogP) is 3.24. The van der Waals surface area contributed by atoms with E-state index in [1.165, 1.54) is 28.6 Å². The molecule has 1 aromatic heterocycles. The van der Waals surface area contributed by atoms with Crippen LogP contribution in [0.3, 0.4) is 0 Å². The molecule has 0 amide bonds. The molecule has 2 aromatic carbocycles. The van der Waals surface area contributed by atoms with Gasteiger partial charge in [-0.05, 0) is 68.1 Å². The zero-order chi connectivity index (χ0) is 24.6. The van der Waals surface area contributed by atoms with Crippen LogP contribution in [0.2, 0.25) is 5.02 Å². The van der Waals surface area contributed by atoms with Crippen molar-refractivity contribution in [1.82, 2.24) is 19.0 Å². The molecule has 0 spiro atoms. The van der Waals surface area contributed by atoms with Crippen molar-refractivity contribution < 1.29 is 21.6 Å². The number of halogens is 1. The molecule has 1 atom stereocenters. The van der Waals surface area contributed by atoms with E-state index in [4.69, 9.17) is 16.3 Å². The number of imidazole rings is 1. The van der Waals surface area contributed by atoms with Crippen molar-refractivity contribution in [2.24, 2.45) is 0 Å². The van der Waals surface area contributed by atoms with Gasteiger partial charge in [-0.3, -0.25) is 0 Å². The van der Waals surface area contributed by atoms with E-state index in [1.807, 2.05) is 12.1 Å². The first-order valence-corrected chi connectivity index (χ1v) is 14.9. The molecule has 0 radical (unpaired) electrons. The third kappa shape index (κ3) is 5.25. The smallest absolute Gasteiger partial charge is 0.243 e. The van der Waals surface area contributed by atoms with Crippen LogP contribution < -0.4 is 4.72 Å². The quantitative estimate of drug-likeness (QED) is 0.476. The molecule has 2 saturated heterocycles. The molecule has 0 unspecified atom stereocenters. The van der Waals surface area contributed by atoms with E-state index in [-0.39, 0.29) is 28.4 Å². The number of piperidine rings is 1. The lowest BCUT2D eigenvalue weighted by atomic mass is 9.97. The van der Waals surface area contributed by atoms with Crippen LogP contribution >= 0.6 is 11.6 Å². The molecule has 3 aromatic rings. The summed E-state index contributed by atoms with van der Waals surface area (Å²) >= 11 is 6.06. The number of aromatic nitrogens is 2. The Hall–Kier alpha value is -2.02. The number of hydrogen-bond acceptors (Lipinski definition) is 6. The minimum absolute atomic E-state index is 0.0261. The topological polar surface area (TPSA) is 121 Å². The van der Waals surface area contributed by atoms with Gasteiger partial charge in [0.1, 0.15) is 5.82 Å². The molecule has 2 fully saturated rings. The Morgan fingerprint density at radius 1 is 1.03 bits per heavy atom. The Kier molecular flexibility index (Phi) is 6.90. The number of ether oxygens (including phenoxy) is 1. The van der Waals surface area contributed by atoms with Gasteiger partial charge in [-0.25, -0.2) is 26.5 Å². The number of aromatic amines is 1. The highest BCUT2D eigenvalue weighted by molar-refractivity contribution is 7.89. The van der Waals surface area contributed by atoms with Crippen LogP contribution in [0.25, 0.3) is 11.0 Å². The lowest BCUT2D eigenvalue weighted by molar-refractivity contribution is 0.114. The van der Waals surface area contributed by atoms with Crippen molar-refractivity contribution in [3.05, 3.63) is 53.3 Å². The van der Waals surface area contributed by atoms with Crippen molar-refractivity contribution in [1.29, 1.82) is 0 Å². The SMILES string of the molecule is O=S(=O)(NC[C@H]1CCCO1)c1ccc(S(=O)(=O)N2CCC(c3nc4ccc(Cl)cc4[nH]3)CC2)cc1. The minimum atomic E-state index is -3.74. The lowest BCUT2D eigenvalue weighted by Crippen LogP contribution is -2.38. The fourth-order valence-corrected chi connectivity index (χ4v) is 7.30. The van der Waals surface area contributed by atoms with Crippen molar-refractivity contribution in [2.45, 2.75) is 47.5 Å². The largest absolute Gasteiger partial charge is 0.377 e. The number of fused-ring (bicyclic) bond motifs is 1. The van der Waals surface area contributed by atoms with Gasteiger partial charge >= 0.3 is 0 Å². The Morgan fingerprint density at radius 3 is 2.43 bits per heavy atom. The van der Waals surface area contributed by atoms with Crippen molar-refractivity contribution >= 4 is 42.7 Å². The normalized spacial score (nSPS) is 20.5. The summed E-state index contributed by atoms with van der Waals surface area (Å²) in [5.41, 5.74) is 1.70. The van der Waals surface area contributed by atoms with E-state index in [9.17, 15) is 16.8 Å². The Bertz CT molecular complexity index is 1410. The number of nitrogens with one attached hydrogen (secondary N) is 2.